The molecule has 198 valence electrons. The smallest absolute Gasteiger partial charge is 0.200 e. The van der Waals surface area contributed by atoms with Gasteiger partial charge in [0, 0.05) is 22.7 Å². The van der Waals surface area contributed by atoms with E-state index >= 15 is 4.39 Å². The zero-order valence-electron chi connectivity index (χ0n) is 21.9. The van der Waals surface area contributed by atoms with Crippen LogP contribution in [0.15, 0.2) is 91.1 Å². The summed E-state index contributed by atoms with van der Waals surface area (Å²) in [7, 11) is 1.26. The van der Waals surface area contributed by atoms with Crippen LogP contribution in [-0.2, 0) is 12.8 Å². The highest BCUT2D eigenvalue weighted by Crippen LogP contribution is 2.43. The van der Waals surface area contributed by atoms with Gasteiger partial charge in [-0.15, -0.1) is 0 Å². The minimum atomic E-state index is -1.61. The van der Waals surface area contributed by atoms with Gasteiger partial charge in [-0.1, -0.05) is 60.7 Å². The van der Waals surface area contributed by atoms with Crippen LogP contribution in [0.4, 0.5) is 13.2 Å². The quantitative estimate of drug-likeness (QED) is 0.211. The van der Waals surface area contributed by atoms with E-state index in [0.29, 0.717) is 19.3 Å². The lowest BCUT2D eigenvalue weighted by molar-refractivity contribution is 0.205. The highest BCUT2D eigenvalue weighted by atomic mass is 19.2. The molecule has 40 heavy (non-hydrogen) atoms. The van der Waals surface area contributed by atoms with E-state index in [1.165, 1.54) is 24.8 Å². The van der Waals surface area contributed by atoms with E-state index in [-0.39, 0.29) is 11.3 Å². The van der Waals surface area contributed by atoms with Crippen molar-refractivity contribution >= 4 is 32.3 Å². The second-order valence-corrected chi connectivity index (χ2v) is 10.5. The van der Waals surface area contributed by atoms with Gasteiger partial charge < -0.3 is 4.74 Å². The van der Waals surface area contributed by atoms with Gasteiger partial charge in [0.25, 0.3) is 0 Å². The number of rotatable bonds is 4. The van der Waals surface area contributed by atoms with Crippen LogP contribution < -0.4 is 4.74 Å². The van der Waals surface area contributed by atoms with Crippen LogP contribution in [0.1, 0.15) is 29.3 Å². The molecule has 2 nitrogen and oxygen atoms in total. The SMILES string of the molecule is COc1ccc(C(F)C2CCc3c(ccc4c3cc(-c3nccc5ccccc35)c3ccccc34)C2)c(F)c1F. The molecule has 0 radical (unpaired) electrons. The first kappa shape index (κ1) is 24.6. The number of hydrogen-bond donors (Lipinski definition) is 0. The van der Waals surface area contributed by atoms with Crippen LogP contribution in [0.5, 0.6) is 5.75 Å². The molecule has 1 aromatic heterocycles. The minimum absolute atomic E-state index is 0.224. The molecule has 0 N–H and O–H groups in total. The van der Waals surface area contributed by atoms with Gasteiger partial charge in [-0.25, -0.2) is 8.78 Å². The van der Waals surface area contributed by atoms with Gasteiger partial charge >= 0.3 is 0 Å². The number of halogens is 3. The molecular formula is C35H26F3NO. The van der Waals surface area contributed by atoms with Crippen molar-refractivity contribution in [2.45, 2.75) is 25.4 Å². The molecule has 7 rings (SSSR count). The fourth-order valence-corrected chi connectivity index (χ4v) is 6.44. The fraction of sp³-hybridized carbons (Fsp3) is 0.171. The van der Waals surface area contributed by atoms with Crippen LogP contribution in [0.3, 0.4) is 0 Å². The number of aromatic nitrogens is 1. The zero-order chi connectivity index (χ0) is 27.4. The van der Waals surface area contributed by atoms with Crippen LogP contribution in [0.25, 0.3) is 43.6 Å². The average molecular weight is 534 g/mol. The molecule has 0 saturated carbocycles. The summed E-state index contributed by atoms with van der Waals surface area (Å²) in [5, 5.41) is 6.79. The van der Waals surface area contributed by atoms with Gasteiger partial charge in [0.05, 0.1) is 12.8 Å². The lowest BCUT2D eigenvalue weighted by Crippen LogP contribution is -2.20. The van der Waals surface area contributed by atoms with Crippen molar-refractivity contribution in [2.24, 2.45) is 5.92 Å². The molecule has 5 aromatic carbocycles. The third-order valence-corrected chi connectivity index (χ3v) is 8.43. The number of benzene rings is 5. The highest BCUT2D eigenvalue weighted by molar-refractivity contribution is 6.16. The van der Waals surface area contributed by atoms with E-state index in [4.69, 9.17) is 9.72 Å². The first-order valence-electron chi connectivity index (χ1n) is 13.5. The van der Waals surface area contributed by atoms with Crippen molar-refractivity contribution in [3.63, 3.8) is 0 Å². The summed E-state index contributed by atoms with van der Waals surface area (Å²) >= 11 is 0. The maximum Gasteiger partial charge on any atom is 0.200 e. The molecule has 5 heteroatoms. The summed E-state index contributed by atoms with van der Waals surface area (Å²) in [5.74, 6) is -2.99. The first-order valence-corrected chi connectivity index (χ1v) is 13.5. The third-order valence-electron chi connectivity index (χ3n) is 8.43. The molecule has 1 aliphatic carbocycles. The van der Waals surface area contributed by atoms with Gasteiger partial charge in [-0.3, -0.25) is 4.98 Å². The van der Waals surface area contributed by atoms with E-state index in [0.717, 1.165) is 49.1 Å². The summed E-state index contributed by atoms with van der Waals surface area (Å²) in [6.07, 6.45) is 1.88. The zero-order valence-corrected chi connectivity index (χ0v) is 21.9. The lowest BCUT2D eigenvalue weighted by atomic mass is 9.77. The maximum atomic E-state index is 15.7. The summed E-state index contributed by atoms with van der Waals surface area (Å²) in [5.41, 5.74) is 3.99. The average Bonchev–Trinajstić information content (AvgIpc) is 3.01. The van der Waals surface area contributed by atoms with E-state index in [1.807, 2.05) is 36.5 Å². The summed E-state index contributed by atoms with van der Waals surface area (Å²) < 4.78 is 49.6. The normalized spacial score (nSPS) is 15.8. The number of ether oxygens (including phenoxy) is 1. The lowest BCUT2D eigenvalue weighted by Gasteiger charge is -2.29. The Morgan fingerprint density at radius 2 is 1.55 bits per heavy atom. The standard InChI is InChI=1S/C35H26F3NO/c1-40-31-15-14-28(33(37)34(31)38)32(36)22-11-12-23-21(18-22)10-13-27-25-8-4-5-9-26(25)30(19-29(23)27)35-24-7-3-2-6-20(24)16-17-39-35/h2-10,13-17,19,22,32H,11-12,18H2,1H3. The van der Waals surface area contributed by atoms with E-state index in [1.54, 1.807) is 0 Å². The predicted molar refractivity (Wildman–Crippen MR) is 154 cm³/mol. The fourth-order valence-electron chi connectivity index (χ4n) is 6.44. The molecule has 0 amide bonds. The Balaban J connectivity index is 1.35. The second kappa shape index (κ2) is 9.67. The van der Waals surface area contributed by atoms with E-state index < -0.39 is 23.7 Å². The molecule has 0 aliphatic heterocycles. The molecule has 0 bridgehead atoms. The third kappa shape index (κ3) is 3.83. The van der Waals surface area contributed by atoms with Crippen molar-refractivity contribution < 1.29 is 17.9 Å². The maximum absolute atomic E-state index is 15.7. The van der Waals surface area contributed by atoms with Crippen LogP contribution in [-0.4, -0.2) is 12.1 Å². The molecule has 0 saturated heterocycles. The molecule has 2 atom stereocenters. The topological polar surface area (TPSA) is 22.1 Å². The molecule has 0 spiro atoms. The number of alkyl halides is 1. The van der Waals surface area contributed by atoms with E-state index in [9.17, 15) is 8.78 Å². The van der Waals surface area contributed by atoms with Crippen LogP contribution >= 0.6 is 0 Å². The van der Waals surface area contributed by atoms with Crippen LogP contribution in [0, 0.1) is 17.6 Å². The van der Waals surface area contributed by atoms with E-state index in [2.05, 4.69) is 42.5 Å². The molecule has 1 aliphatic rings. The summed E-state index contributed by atoms with van der Waals surface area (Å²) in [4.78, 5) is 4.82. The summed E-state index contributed by atoms with van der Waals surface area (Å²) in [6.45, 7) is 0. The molecule has 6 aromatic rings. The van der Waals surface area contributed by atoms with Crippen molar-refractivity contribution in [3.05, 3.63) is 119 Å². The first-order chi connectivity index (χ1) is 19.5. The Kier molecular flexibility index (Phi) is 5.96. The monoisotopic (exact) mass is 533 g/mol. The van der Waals surface area contributed by atoms with Crippen molar-refractivity contribution in [1.29, 1.82) is 0 Å². The Hall–Kier alpha value is -4.38. The number of hydrogen-bond acceptors (Lipinski definition) is 2. The number of pyridine rings is 1. The predicted octanol–water partition coefficient (Wildman–Crippen LogP) is 9.31. The van der Waals surface area contributed by atoms with Gasteiger partial charge in [-0.2, -0.15) is 4.39 Å². The van der Waals surface area contributed by atoms with Gasteiger partial charge in [-0.05, 0) is 87.5 Å². The minimum Gasteiger partial charge on any atom is -0.494 e. The van der Waals surface area contributed by atoms with Gasteiger partial charge in [0.1, 0.15) is 6.17 Å². The second-order valence-electron chi connectivity index (χ2n) is 10.5. The summed E-state index contributed by atoms with van der Waals surface area (Å²) in [6, 6.07) is 27.7. The number of fused-ring (bicyclic) bond motifs is 6. The highest BCUT2D eigenvalue weighted by Gasteiger charge is 2.32. The number of methoxy groups -OCH3 is 1. The molecule has 1 heterocycles. The number of nitrogens with zero attached hydrogens (tertiary/aromatic N) is 1. The Bertz CT molecular complexity index is 1930. The Labute approximate surface area is 230 Å². The van der Waals surface area contributed by atoms with Gasteiger partial charge in [0.15, 0.2) is 11.6 Å². The molecule has 0 fully saturated rings. The van der Waals surface area contributed by atoms with Crippen molar-refractivity contribution in [3.8, 4) is 17.0 Å². The number of aryl methyl sites for hydroxylation is 1. The Morgan fingerprint density at radius 3 is 2.38 bits per heavy atom. The molecule has 2 unspecified atom stereocenters. The largest absolute Gasteiger partial charge is 0.494 e. The Morgan fingerprint density at radius 1 is 0.800 bits per heavy atom. The van der Waals surface area contributed by atoms with Gasteiger partial charge in [0.2, 0.25) is 5.82 Å². The van der Waals surface area contributed by atoms with Crippen molar-refractivity contribution in [1.82, 2.24) is 4.98 Å². The van der Waals surface area contributed by atoms with Crippen LogP contribution in [0.2, 0.25) is 0 Å². The molecular weight excluding hydrogens is 507 g/mol. The van der Waals surface area contributed by atoms with Crippen molar-refractivity contribution in [2.75, 3.05) is 7.11 Å².